The van der Waals surface area contributed by atoms with E-state index in [2.05, 4.69) is 53.8 Å². The number of hydrogen-bond donors (Lipinski definition) is 1. The Labute approximate surface area is 333 Å². The molecule has 0 aliphatic heterocycles. The van der Waals surface area contributed by atoms with Gasteiger partial charge in [0, 0.05) is 0 Å². The normalized spacial score (nSPS) is 12.7. The Morgan fingerprint density at radius 1 is 0.333 bits per heavy atom. The predicted molar refractivity (Wildman–Crippen MR) is 238 cm³/mol. The summed E-state index contributed by atoms with van der Waals surface area (Å²) in [5.74, 6) is 0. The van der Waals surface area contributed by atoms with E-state index >= 15 is 0 Å². The van der Waals surface area contributed by atoms with Gasteiger partial charge in [0.05, 0.1) is 65.6 Å². The molecule has 0 rings (SSSR count). The van der Waals surface area contributed by atoms with Crippen molar-refractivity contribution in [3.05, 3.63) is 0 Å². The van der Waals surface area contributed by atoms with Crippen molar-refractivity contribution in [2.24, 2.45) is 0 Å². The minimum absolute atomic E-state index is 0.698. The van der Waals surface area contributed by atoms with Gasteiger partial charge in [-0.15, -0.1) is 0 Å². The summed E-state index contributed by atoms with van der Waals surface area (Å²) < 4.78 is 14.7. The third kappa shape index (κ3) is 30.7. The highest BCUT2D eigenvalue weighted by Gasteiger charge is 2.26. The molecule has 0 saturated carbocycles. The van der Waals surface area contributed by atoms with Crippen LogP contribution in [-0.4, -0.2) is 74.5 Å². The highest BCUT2D eigenvalue weighted by atomic mass is 32.9. The number of thiol groups is 1. The molecule has 0 aromatic heterocycles. The van der Waals surface area contributed by atoms with Crippen molar-refractivity contribution in [2.45, 2.75) is 221 Å². The largest absolute Gasteiger partial charge is 0.324 e. The van der Waals surface area contributed by atoms with E-state index in [-0.39, 0.29) is 0 Å². The summed E-state index contributed by atoms with van der Waals surface area (Å²) in [5.41, 5.74) is -2.39. The molecule has 51 heavy (non-hydrogen) atoms. The average Bonchev–Trinajstić information content (AvgIpc) is 3.13. The zero-order valence-corrected chi connectivity index (χ0v) is 38.5. The van der Waals surface area contributed by atoms with E-state index in [1.807, 2.05) is 0 Å². The summed E-state index contributed by atoms with van der Waals surface area (Å²) in [5, 5.41) is 0. The number of rotatable bonds is 42. The molecule has 0 spiro atoms. The molecule has 0 aliphatic carbocycles. The van der Waals surface area contributed by atoms with Crippen molar-refractivity contribution in [1.82, 2.24) is 0 Å². The van der Waals surface area contributed by atoms with E-state index in [1.165, 1.54) is 228 Å². The van der Waals surface area contributed by atoms with Crippen LogP contribution in [-0.2, 0) is 20.9 Å². The monoisotopic (exact) mass is 779 g/mol. The van der Waals surface area contributed by atoms with Crippen molar-refractivity contribution in [1.29, 1.82) is 0 Å². The standard InChI is InChI=1S/C44H94N2O2PS2/c1-7-13-35-45(36-14-8-2,37-15-9-3)41-31-27-23-19-21-25-29-33-43-47-49(50,51)48-44-34-30-26-22-20-24-28-32-42-46(38-16-10-4,39-17-11-5)40-18-12-6/h7-44H2,1-6H3/q+1/p+1. The van der Waals surface area contributed by atoms with E-state index in [0.717, 1.165) is 12.8 Å². The first-order valence-electron chi connectivity index (χ1n) is 23.1. The van der Waals surface area contributed by atoms with Gasteiger partial charge in [0.15, 0.2) is 0 Å². The predicted octanol–water partition coefficient (Wildman–Crippen LogP) is 14.8. The lowest BCUT2D eigenvalue weighted by Gasteiger charge is -2.39. The number of unbranched alkanes of at least 4 members (excludes halogenated alkanes) is 20. The van der Waals surface area contributed by atoms with Crippen LogP contribution >= 0.6 is 17.9 Å². The van der Waals surface area contributed by atoms with Gasteiger partial charge in [-0.2, -0.15) is 0 Å². The van der Waals surface area contributed by atoms with Crippen LogP contribution in [0.15, 0.2) is 0 Å². The summed E-state index contributed by atoms with van der Waals surface area (Å²) in [6.45, 7) is 26.8. The molecule has 7 heteroatoms. The highest BCUT2D eigenvalue weighted by molar-refractivity contribution is 8.60. The van der Waals surface area contributed by atoms with Crippen LogP contribution in [0.4, 0.5) is 0 Å². The molecular formula is C44H95N2O2PS2+2. The fourth-order valence-electron chi connectivity index (χ4n) is 7.92. The van der Waals surface area contributed by atoms with Gasteiger partial charge < -0.3 is 18.0 Å². The van der Waals surface area contributed by atoms with Crippen LogP contribution in [0.5, 0.6) is 0 Å². The Hall–Kier alpha value is 0.840. The first-order valence-corrected chi connectivity index (χ1v) is 26.9. The van der Waals surface area contributed by atoms with Gasteiger partial charge >= 0.3 is 0 Å². The molecule has 0 atom stereocenters. The van der Waals surface area contributed by atoms with Crippen LogP contribution in [0.25, 0.3) is 0 Å². The second-order valence-electron chi connectivity index (χ2n) is 16.4. The molecule has 0 aliphatic rings. The van der Waals surface area contributed by atoms with Crippen molar-refractivity contribution in [3.8, 4) is 0 Å². The van der Waals surface area contributed by atoms with Gasteiger partial charge in [-0.1, -0.05) is 157 Å². The molecular weight excluding hydrogens is 684 g/mol. The molecule has 0 amide bonds. The third-order valence-electron chi connectivity index (χ3n) is 11.5. The van der Waals surface area contributed by atoms with E-state index < -0.39 is 5.69 Å². The maximum absolute atomic E-state index is 5.94. The van der Waals surface area contributed by atoms with Crippen molar-refractivity contribution in [2.75, 3.05) is 65.6 Å². The molecule has 0 fully saturated rings. The van der Waals surface area contributed by atoms with Crippen LogP contribution in [0.3, 0.4) is 0 Å². The highest BCUT2D eigenvalue weighted by Crippen LogP contribution is 2.53. The van der Waals surface area contributed by atoms with Gasteiger partial charge in [0.2, 0.25) is 5.69 Å². The molecule has 0 N–H and O–H groups in total. The first-order chi connectivity index (χ1) is 24.8. The third-order valence-corrected chi connectivity index (χ3v) is 13.8. The lowest BCUT2D eigenvalue weighted by Crippen LogP contribution is -2.50. The van der Waals surface area contributed by atoms with E-state index in [0.29, 0.717) is 13.2 Å². The van der Waals surface area contributed by atoms with E-state index in [1.54, 1.807) is 0 Å². The fourth-order valence-corrected chi connectivity index (χ4v) is 9.65. The van der Waals surface area contributed by atoms with Crippen molar-refractivity contribution < 1.29 is 18.0 Å². The summed E-state index contributed by atoms with van der Waals surface area (Å²) in [4.78, 5) is 0. The smallest absolute Gasteiger partial charge is 0.244 e. The second-order valence-corrected chi connectivity index (χ2v) is 21.7. The molecule has 0 bridgehead atoms. The number of nitrogens with zero attached hydrogens (tertiary/aromatic N) is 2. The zero-order valence-electron chi connectivity index (χ0n) is 35.9. The maximum Gasteiger partial charge on any atom is 0.244 e. The van der Waals surface area contributed by atoms with Gasteiger partial charge in [0.25, 0.3) is 0 Å². The lowest BCUT2D eigenvalue weighted by molar-refractivity contribution is -0.929. The van der Waals surface area contributed by atoms with Crippen LogP contribution in [0.1, 0.15) is 221 Å². The SMILES string of the molecule is CCCC[N+](CCCC)(CCCC)CCCCCCCCCCOP(=S)(S)OCCCCCCCCCC[N+](CCCC)(CCCC)CCCC. The summed E-state index contributed by atoms with van der Waals surface area (Å²) in [6.07, 6.45) is 37.5. The topological polar surface area (TPSA) is 18.5 Å². The fraction of sp³-hybridized carbons (Fsp3) is 1.00. The van der Waals surface area contributed by atoms with E-state index in [4.69, 9.17) is 20.9 Å². The Morgan fingerprint density at radius 2 is 0.529 bits per heavy atom. The van der Waals surface area contributed by atoms with E-state index in [9.17, 15) is 0 Å². The zero-order chi connectivity index (χ0) is 37.8. The molecule has 0 radical (unpaired) electrons. The molecule has 0 heterocycles. The number of quaternary nitrogens is 2. The Morgan fingerprint density at radius 3 is 0.765 bits per heavy atom. The summed E-state index contributed by atoms with van der Waals surface area (Å²) in [7, 11) is 0. The first kappa shape index (κ1) is 51.8. The quantitative estimate of drug-likeness (QED) is 0.0288. The molecule has 0 unspecified atom stereocenters. The van der Waals surface area contributed by atoms with Crippen molar-refractivity contribution >= 4 is 29.7 Å². The minimum atomic E-state index is -2.39. The molecule has 4 nitrogen and oxygen atoms in total. The second kappa shape index (κ2) is 36.5. The van der Waals surface area contributed by atoms with Crippen LogP contribution in [0.2, 0.25) is 0 Å². The lowest BCUT2D eigenvalue weighted by atomic mass is 10.1. The average molecular weight is 779 g/mol. The van der Waals surface area contributed by atoms with Gasteiger partial charge in [0.1, 0.15) is 0 Å². The van der Waals surface area contributed by atoms with Gasteiger partial charge in [-0.3, -0.25) is 0 Å². The molecule has 0 aromatic rings. The maximum atomic E-state index is 5.94. The summed E-state index contributed by atoms with van der Waals surface area (Å²) >= 11 is 10.2. The summed E-state index contributed by atoms with van der Waals surface area (Å²) in [6, 6.07) is 0. The molecule has 0 saturated heterocycles. The van der Waals surface area contributed by atoms with Gasteiger partial charge in [-0.05, 0) is 88.9 Å². The number of hydrogen-bond acceptors (Lipinski definition) is 3. The molecule has 308 valence electrons. The van der Waals surface area contributed by atoms with Crippen LogP contribution < -0.4 is 0 Å². The minimum Gasteiger partial charge on any atom is -0.324 e. The van der Waals surface area contributed by atoms with Crippen LogP contribution in [0, 0.1) is 0 Å². The van der Waals surface area contributed by atoms with Crippen molar-refractivity contribution in [3.63, 3.8) is 0 Å². The van der Waals surface area contributed by atoms with Gasteiger partial charge in [-0.25, -0.2) is 0 Å². The molecule has 0 aromatic carbocycles. The Kier molecular flexibility index (Phi) is 37.1. The Bertz CT molecular complexity index is 670. The Balaban J connectivity index is 3.91.